The Balaban J connectivity index is 2.14. The summed E-state index contributed by atoms with van der Waals surface area (Å²) in [7, 11) is 0. The summed E-state index contributed by atoms with van der Waals surface area (Å²) in [5, 5.41) is 21.4. The Morgan fingerprint density at radius 3 is 2.05 bits per heavy atom. The minimum Gasteiger partial charge on any atom is -0.394 e. The van der Waals surface area contributed by atoms with E-state index in [9.17, 15) is 15.2 Å². The first-order valence-corrected chi connectivity index (χ1v) is 6.67. The zero-order valence-corrected chi connectivity index (χ0v) is 11.4. The van der Waals surface area contributed by atoms with E-state index in [2.05, 4.69) is 5.32 Å². The van der Waals surface area contributed by atoms with Crippen LogP contribution >= 0.6 is 0 Å². The number of nitriles is 1. The number of nitrogens with one attached hydrogen (secondary N) is 1. The van der Waals surface area contributed by atoms with Crippen LogP contribution in [0.4, 0.5) is 0 Å². The summed E-state index contributed by atoms with van der Waals surface area (Å²) in [5.74, 6) is -1.30. The van der Waals surface area contributed by atoms with Crippen molar-refractivity contribution >= 4 is 5.91 Å². The van der Waals surface area contributed by atoms with Crippen LogP contribution in [0.25, 0.3) is 0 Å². The number of carbonyl (C=O) groups excluding carboxylic acids is 1. The van der Waals surface area contributed by atoms with Crippen LogP contribution in [0.2, 0.25) is 0 Å². The standard InChI is InChI=1S/C17H16N2O2/c18-11-15(13-7-3-1-4-8-13)17(21)19-16(12-20)14-9-5-2-6-10-14/h1-10,15-16,20H,12H2,(H,19,21)/t15?,16-/m1/s1. The first-order chi connectivity index (χ1) is 10.3. The van der Waals surface area contributed by atoms with Crippen molar-refractivity contribution in [2.45, 2.75) is 12.0 Å². The third kappa shape index (κ3) is 3.68. The van der Waals surface area contributed by atoms with Crippen LogP contribution in [0.1, 0.15) is 23.1 Å². The fourth-order valence-corrected chi connectivity index (χ4v) is 2.10. The molecular formula is C17H16N2O2. The van der Waals surface area contributed by atoms with E-state index >= 15 is 0 Å². The molecule has 0 aliphatic carbocycles. The Morgan fingerprint density at radius 2 is 1.57 bits per heavy atom. The van der Waals surface area contributed by atoms with Crippen molar-refractivity contribution in [2.24, 2.45) is 0 Å². The largest absolute Gasteiger partial charge is 0.394 e. The van der Waals surface area contributed by atoms with Crippen LogP contribution in [0.15, 0.2) is 60.7 Å². The van der Waals surface area contributed by atoms with E-state index in [1.165, 1.54) is 0 Å². The van der Waals surface area contributed by atoms with Gasteiger partial charge in [-0.25, -0.2) is 0 Å². The van der Waals surface area contributed by atoms with Crippen molar-refractivity contribution in [3.05, 3.63) is 71.8 Å². The van der Waals surface area contributed by atoms with E-state index in [1.54, 1.807) is 24.3 Å². The molecule has 0 fully saturated rings. The summed E-state index contributed by atoms with van der Waals surface area (Å²) in [6, 6.07) is 19.6. The van der Waals surface area contributed by atoms with Gasteiger partial charge in [-0.15, -0.1) is 0 Å². The Labute approximate surface area is 123 Å². The zero-order valence-electron chi connectivity index (χ0n) is 11.4. The second-order valence-corrected chi connectivity index (χ2v) is 4.63. The number of amides is 1. The minimum absolute atomic E-state index is 0.220. The van der Waals surface area contributed by atoms with Gasteiger partial charge in [0.1, 0.15) is 5.92 Å². The fourth-order valence-electron chi connectivity index (χ4n) is 2.10. The van der Waals surface area contributed by atoms with Gasteiger partial charge in [0.2, 0.25) is 5.91 Å². The number of aliphatic hydroxyl groups excluding tert-OH is 1. The minimum atomic E-state index is -0.885. The first kappa shape index (κ1) is 14.8. The third-order valence-corrected chi connectivity index (χ3v) is 3.23. The lowest BCUT2D eigenvalue weighted by Crippen LogP contribution is -2.34. The van der Waals surface area contributed by atoms with E-state index < -0.39 is 17.9 Å². The van der Waals surface area contributed by atoms with Gasteiger partial charge >= 0.3 is 0 Å². The summed E-state index contributed by atoms with van der Waals surface area (Å²) in [6.07, 6.45) is 0. The van der Waals surface area contributed by atoms with E-state index in [1.807, 2.05) is 42.5 Å². The highest BCUT2D eigenvalue weighted by molar-refractivity contribution is 5.86. The lowest BCUT2D eigenvalue weighted by Gasteiger charge is -2.18. The SMILES string of the molecule is N#CC(C(=O)N[C@H](CO)c1ccccc1)c1ccccc1. The van der Waals surface area contributed by atoms with Gasteiger partial charge in [-0.3, -0.25) is 4.79 Å². The van der Waals surface area contributed by atoms with Gasteiger partial charge in [-0.1, -0.05) is 60.7 Å². The lowest BCUT2D eigenvalue weighted by atomic mass is 9.98. The molecule has 2 aromatic carbocycles. The Kier molecular flexibility index (Phi) is 5.08. The molecule has 0 radical (unpaired) electrons. The van der Waals surface area contributed by atoms with E-state index in [4.69, 9.17) is 0 Å². The maximum absolute atomic E-state index is 12.3. The van der Waals surface area contributed by atoms with Crippen molar-refractivity contribution in [1.29, 1.82) is 5.26 Å². The summed E-state index contributed by atoms with van der Waals surface area (Å²) in [5.41, 5.74) is 1.44. The van der Waals surface area contributed by atoms with Crippen molar-refractivity contribution in [1.82, 2.24) is 5.32 Å². The van der Waals surface area contributed by atoms with Gasteiger partial charge in [-0.05, 0) is 11.1 Å². The maximum atomic E-state index is 12.3. The second-order valence-electron chi connectivity index (χ2n) is 4.63. The quantitative estimate of drug-likeness (QED) is 0.881. The Hall–Kier alpha value is -2.64. The second kappa shape index (κ2) is 7.22. The molecule has 2 N–H and O–H groups in total. The molecule has 0 aliphatic rings. The molecule has 2 atom stereocenters. The number of carbonyl (C=O) groups is 1. The average Bonchev–Trinajstić information content (AvgIpc) is 2.55. The number of rotatable bonds is 5. The van der Waals surface area contributed by atoms with Gasteiger partial charge in [0, 0.05) is 0 Å². The molecule has 0 saturated carbocycles. The number of aliphatic hydroxyl groups is 1. The molecule has 0 saturated heterocycles. The summed E-state index contributed by atoms with van der Waals surface area (Å²) in [4.78, 5) is 12.3. The van der Waals surface area contributed by atoms with Crippen LogP contribution in [-0.2, 0) is 4.79 Å². The van der Waals surface area contributed by atoms with Crippen LogP contribution < -0.4 is 5.32 Å². The molecule has 4 nitrogen and oxygen atoms in total. The normalized spacial score (nSPS) is 13.0. The monoisotopic (exact) mass is 280 g/mol. The van der Waals surface area contributed by atoms with Crippen LogP contribution in [0.3, 0.4) is 0 Å². The molecule has 0 aliphatic heterocycles. The highest BCUT2D eigenvalue weighted by Gasteiger charge is 2.23. The molecule has 1 unspecified atom stereocenters. The van der Waals surface area contributed by atoms with Gasteiger partial charge in [0.15, 0.2) is 0 Å². The van der Waals surface area contributed by atoms with Crippen molar-refractivity contribution in [3.63, 3.8) is 0 Å². The molecule has 0 aromatic heterocycles. The van der Waals surface area contributed by atoms with Crippen LogP contribution in [0.5, 0.6) is 0 Å². The topological polar surface area (TPSA) is 73.1 Å². The average molecular weight is 280 g/mol. The summed E-state index contributed by atoms with van der Waals surface area (Å²) in [6.45, 7) is -0.220. The number of hydrogen-bond donors (Lipinski definition) is 2. The third-order valence-electron chi connectivity index (χ3n) is 3.23. The van der Waals surface area contributed by atoms with E-state index in [-0.39, 0.29) is 6.61 Å². The molecular weight excluding hydrogens is 264 g/mol. The molecule has 106 valence electrons. The van der Waals surface area contributed by atoms with Gasteiger partial charge < -0.3 is 10.4 Å². The number of benzene rings is 2. The van der Waals surface area contributed by atoms with Crippen LogP contribution in [0, 0.1) is 11.3 Å². The van der Waals surface area contributed by atoms with Gasteiger partial charge in [-0.2, -0.15) is 5.26 Å². The van der Waals surface area contributed by atoms with Crippen molar-refractivity contribution in [3.8, 4) is 6.07 Å². The molecule has 21 heavy (non-hydrogen) atoms. The molecule has 4 heteroatoms. The summed E-state index contributed by atoms with van der Waals surface area (Å²) >= 11 is 0. The Bertz CT molecular complexity index is 620. The van der Waals surface area contributed by atoms with E-state index in [0.29, 0.717) is 5.56 Å². The molecule has 0 heterocycles. The lowest BCUT2D eigenvalue weighted by molar-refractivity contribution is -0.122. The van der Waals surface area contributed by atoms with E-state index in [0.717, 1.165) is 5.56 Å². The highest BCUT2D eigenvalue weighted by Crippen LogP contribution is 2.18. The maximum Gasteiger partial charge on any atom is 0.242 e. The van der Waals surface area contributed by atoms with Crippen LogP contribution in [-0.4, -0.2) is 17.6 Å². The first-order valence-electron chi connectivity index (χ1n) is 6.67. The predicted octanol–water partition coefficient (Wildman–Crippen LogP) is 2.14. The van der Waals surface area contributed by atoms with Gasteiger partial charge in [0.25, 0.3) is 0 Å². The zero-order chi connectivity index (χ0) is 15.1. The Morgan fingerprint density at radius 1 is 1.05 bits per heavy atom. The molecule has 0 bridgehead atoms. The number of nitrogens with zero attached hydrogens (tertiary/aromatic N) is 1. The fraction of sp³-hybridized carbons (Fsp3) is 0.176. The predicted molar refractivity (Wildman–Crippen MR) is 79.2 cm³/mol. The smallest absolute Gasteiger partial charge is 0.242 e. The molecule has 2 rings (SSSR count). The molecule has 1 amide bonds. The highest BCUT2D eigenvalue weighted by atomic mass is 16.3. The van der Waals surface area contributed by atoms with Gasteiger partial charge in [0.05, 0.1) is 18.7 Å². The summed E-state index contributed by atoms with van der Waals surface area (Å²) < 4.78 is 0. The van der Waals surface area contributed by atoms with Crippen molar-refractivity contribution in [2.75, 3.05) is 6.61 Å². The molecule has 2 aromatic rings. The molecule has 0 spiro atoms. The number of hydrogen-bond acceptors (Lipinski definition) is 3. The van der Waals surface area contributed by atoms with Crippen molar-refractivity contribution < 1.29 is 9.90 Å².